The van der Waals surface area contributed by atoms with Gasteiger partial charge in [-0.3, -0.25) is 10.8 Å². The molecule has 0 amide bonds. The molecule has 0 saturated carbocycles. The third kappa shape index (κ3) is 1.51. The smallest absolute Gasteiger partial charge is 0.0876 e. The van der Waals surface area contributed by atoms with Crippen LogP contribution in [0.4, 0.5) is 5.69 Å². The maximum Gasteiger partial charge on any atom is 0.0876 e. The van der Waals surface area contributed by atoms with Crippen LogP contribution in [-0.2, 0) is 0 Å². The molecular formula is C9H7Br2N3. The Morgan fingerprint density at radius 1 is 1.14 bits per heavy atom. The van der Waals surface area contributed by atoms with Gasteiger partial charge in [-0.05, 0) is 34.1 Å². The van der Waals surface area contributed by atoms with Crippen molar-refractivity contribution in [2.24, 2.45) is 5.84 Å². The van der Waals surface area contributed by atoms with E-state index in [0.717, 1.165) is 25.5 Å². The molecule has 0 unspecified atom stereocenters. The molecule has 0 aliphatic heterocycles. The van der Waals surface area contributed by atoms with Crippen molar-refractivity contribution in [3.63, 3.8) is 0 Å². The molecule has 0 atom stereocenters. The summed E-state index contributed by atoms with van der Waals surface area (Å²) in [7, 11) is 0. The Morgan fingerprint density at radius 2 is 1.86 bits per heavy atom. The Morgan fingerprint density at radius 3 is 2.57 bits per heavy atom. The van der Waals surface area contributed by atoms with Crippen LogP contribution >= 0.6 is 31.9 Å². The molecule has 3 N–H and O–H groups in total. The lowest BCUT2D eigenvalue weighted by Crippen LogP contribution is -2.07. The molecule has 0 spiro atoms. The monoisotopic (exact) mass is 315 g/mol. The summed E-state index contributed by atoms with van der Waals surface area (Å²) in [5.41, 5.74) is 4.38. The topological polar surface area (TPSA) is 50.9 Å². The summed E-state index contributed by atoms with van der Waals surface area (Å²) < 4.78 is 1.92. The normalized spacial score (nSPS) is 10.5. The van der Waals surface area contributed by atoms with Gasteiger partial charge in [0.25, 0.3) is 0 Å². The molecule has 1 heterocycles. The Balaban J connectivity index is 2.92. The largest absolute Gasteiger partial charge is 0.323 e. The number of benzene rings is 1. The summed E-state index contributed by atoms with van der Waals surface area (Å²) in [5.74, 6) is 5.42. The van der Waals surface area contributed by atoms with E-state index in [-0.39, 0.29) is 0 Å². The van der Waals surface area contributed by atoms with Crippen LogP contribution in [0.2, 0.25) is 0 Å². The molecule has 0 aliphatic rings. The highest BCUT2D eigenvalue weighted by atomic mass is 79.9. The number of rotatable bonds is 1. The van der Waals surface area contributed by atoms with Crippen molar-refractivity contribution in [3.05, 3.63) is 33.3 Å². The first-order valence-electron chi connectivity index (χ1n) is 3.93. The highest BCUT2D eigenvalue weighted by Gasteiger charge is 2.07. The van der Waals surface area contributed by atoms with Gasteiger partial charge in [-0.2, -0.15) is 0 Å². The fraction of sp³-hybridized carbons (Fsp3) is 0. The number of hydrogen-bond acceptors (Lipinski definition) is 3. The molecule has 72 valence electrons. The zero-order valence-corrected chi connectivity index (χ0v) is 10.3. The molecule has 5 heteroatoms. The molecule has 1 aromatic heterocycles. The van der Waals surface area contributed by atoms with Crippen LogP contribution < -0.4 is 11.3 Å². The van der Waals surface area contributed by atoms with Crippen molar-refractivity contribution < 1.29 is 0 Å². The van der Waals surface area contributed by atoms with Gasteiger partial charge in [0.15, 0.2) is 0 Å². The molecule has 2 rings (SSSR count). The van der Waals surface area contributed by atoms with Crippen molar-refractivity contribution in [3.8, 4) is 0 Å². The third-order valence-corrected chi connectivity index (χ3v) is 3.25. The van der Waals surface area contributed by atoms with E-state index in [1.165, 1.54) is 0 Å². The molecule has 0 fully saturated rings. The first-order valence-corrected chi connectivity index (χ1v) is 5.52. The van der Waals surface area contributed by atoms with E-state index in [0.29, 0.717) is 0 Å². The van der Waals surface area contributed by atoms with Crippen molar-refractivity contribution in [2.75, 3.05) is 5.43 Å². The van der Waals surface area contributed by atoms with Gasteiger partial charge in [0, 0.05) is 20.5 Å². The third-order valence-electron chi connectivity index (χ3n) is 1.95. The number of fused-ring (bicyclic) bond motifs is 1. The SMILES string of the molecule is NNc1ccnc2c(Br)ccc(Br)c12. The summed E-state index contributed by atoms with van der Waals surface area (Å²) in [4.78, 5) is 4.28. The average Bonchev–Trinajstić information content (AvgIpc) is 2.23. The summed E-state index contributed by atoms with van der Waals surface area (Å²) >= 11 is 6.91. The number of nitrogen functional groups attached to an aromatic ring is 1. The van der Waals surface area contributed by atoms with E-state index in [1.807, 2.05) is 18.2 Å². The van der Waals surface area contributed by atoms with Gasteiger partial charge in [0.05, 0.1) is 11.2 Å². The number of nitrogens with one attached hydrogen (secondary N) is 1. The lowest BCUT2D eigenvalue weighted by atomic mass is 10.2. The highest BCUT2D eigenvalue weighted by molar-refractivity contribution is 9.11. The maximum absolute atomic E-state index is 5.42. The number of aromatic nitrogens is 1. The fourth-order valence-corrected chi connectivity index (χ4v) is 2.28. The number of pyridine rings is 1. The zero-order chi connectivity index (χ0) is 10.1. The van der Waals surface area contributed by atoms with Crippen molar-refractivity contribution in [1.29, 1.82) is 0 Å². The van der Waals surface area contributed by atoms with Gasteiger partial charge < -0.3 is 5.43 Å². The standard InChI is InChI=1S/C9H7Br2N3/c10-5-1-2-6(11)9-8(5)7(14-12)3-4-13-9/h1-4H,12H2,(H,13,14). The van der Waals surface area contributed by atoms with Crippen LogP contribution in [0.25, 0.3) is 10.9 Å². The van der Waals surface area contributed by atoms with Gasteiger partial charge in [-0.1, -0.05) is 15.9 Å². The first kappa shape index (κ1) is 9.89. The Kier molecular flexibility index (Phi) is 2.71. The van der Waals surface area contributed by atoms with Gasteiger partial charge >= 0.3 is 0 Å². The number of nitrogens with zero attached hydrogens (tertiary/aromatic N) is 1. The lowest BCUT2D eigenvalue weighted by molar-refractivity contribution is 1.33. The van der Waals surface area contributed by atoms with Crippen LogP contribution in [0.5, 0.6) is 0 Å². The molecule has 3 nitrogen and oxygen atoms in total. The second-order valence-corrected chi connectivity index (χ2v) is 4.46. The number of hydrazine groups is 1. The molecule has 0 bridgehead atoms. The minimum absolute atomic E-state index is 0.850. The maximum atomic E-state index is 5.42. The summed E-state index contributed by atoms with van der Waals surface area (Å²) in [6.45, 7) is 0. The Hall–Kier alpha value is -0.650. The molecule has 1 aromatic carbocycles. The number of hydrogen-bond donors (Lipinski definition) is 2. The highest BCUT2D eigenvalue weighted by Crippen LogP contribution is 2.33. The van der Waals surface area contributed by atoms with E-state index >= 15 is 0 Å². The molecule has 2 aromatic rings. The number of anilines is 1. The second-order valence-electron chi connectivity index (χ2n) is 2.76. The molecule has 14 heavy (non-hydrogen) atoms. The lowest BCUT2D eigenvalue weighted by Gasteiger charge is -2.07. The van der Waals surface area contributed by atoms with E-state index in [1.54, 1.807) is 6.20 Å². The van der Waals surface area contributed by atoms with Crippen LogP contribution in [0.15, 0.2) is 33.3 Å². The van der Waals surface area contributed by atoms with Crippen LogP contribution in [0, 0.1) is 0 Å². The van der Waals surface area contributed by atoms with Crippen LogP contribution in [0.3, 0.4) is 0 Å². The fourth-order valence-electron chi connectivity index (χ4n) is 1.31. The predicted octanol–water partition coefficient (Wildman–Crippen LogP) is 3.05. The van der Waals surface area contributed by atoms with Gasteiger partial charge in [0.1, 0.15) is 0 Å². The summed E-state index contributed by atoms with van der Waals surface area (Å²) in [6.07, 6.45) is 1.72. The van der Waals surface area contributed by atoms with Gasteiger partial charge in [0.2, 0.25) is 0 Å². The van der Waals surface area contributed by atoms with E-state index in [2.05, 4.69) is 42.3 Å². The molecule has 0 saturated heterocycles. The zero-order valence-electron chi connectivity index (χ0n) is 7.09. The van der Waals surface area contributed by atoms with Crippen molar-refractivity contribution in [1.82, 2.24) is 4.98 Å². The van der Waals surface area contributed by atoms with Crippen LogP contribution in [-0.4, -0.2) is 4.98 Å². The van der Waals surface area contributed by atoms with Crippen molar-refractivity contribution in [2.45, 2.75) is 0 Å². The van der Waals surface area contributed by atoms with Gasteiger partial charge in [-0.15, -0.1) is 0 Å². The summed E-state index contributed by atoms with van der Waals surface area (Å²) in [5, 5.41) is 0.976. The summed E-state index contributed by atoms with van der Waals surface area (Å²) in [6, 6.07) is 5.73. The minimum atomic E-state index is 0.850. The predicted molar refractivity (Wildman–Crippen MR) is 65.0 cm³/mol. The average molecular weight is 317 g/mol. The first-order chi connectivity index (χ1) is 6.74. The van der Waals surface area contributed by atoms with Gasteiger partial charge in [-0.25, -0.2) is 0 Å². The Labute approximate surface area is 97.9 Å². The number of nitrogens with two attached hydrogens (primary N) is 1. The quantitative estimate of drug-likeness (QED) is 0.628. The van der Waals surface area contributed by atoms with E-state index in [4.69, 9.17) is 5.84 Å². The van der Waals surface area contributed by atoms with Crippen LogP contribution in [0.1, 0.15) is 0 Å². The second kappa shape index (κ2) is 3.84. The molecule has 0 aliphatic carbocycles. The van der Waals surface area contributed by atoms with E-state index < -0.39 is 0 Å². The Bertz CT molecular complexity index is 485. The minimum Gasteiger partial charge on any atom is -0.323 e. The molecule has 0 radical (unpaired) electrons. The van der Waals surface area contributed by atoms with Crippen molar-refractivity contribution >= 4 is 48.5 Å². The van der Waals surface area contributed by atoms with E-state index in [9.17, 15) is 0 Å². The molecular weight excluding hydrogens is 310 g/mol. The number of halogens is 2.